The normalized spacial score (nSPS) is 18.3. The van der Waals surface area contributed by atoms with Crippen LogP contribution in [0.1, 0.15) is 25.7 Å². The minimum absolute atomic E-state index is 0.0768. The third-order valence-electron chi connectivity index (χ3n) is 3.01. The Labute approximate surface area is 89.2 Å². The van der Waals surface area contributed by atoms with Gasteiger partial charge in [-0.2, -0.15) is 0 Å². The predicted molar refractivity (Wildman–Crippen MR) is 57.3 cm³/mol. The monoisotopic (exact) mass is 209 g/mol. The average Bonchev–Trinajstić information content (AvgIpc) is 2.18. The molecule has 0 heterocycles. The van der Waals surface area contributed by atoms with Crippen LogP contribution >= 0.6 is 0 Å². The molecule has 0 spiro atoms. The van der Waals surface area contributed by atoms with Crippen LogP contribution in [-0.2, 0) is 0 Å². The smallest absolute Gasteiger partial charge is 0.123 e. The van der Waals surface area contributed by atoms with Crippen molar-refractivity contribution < 1.29 is 9.13 Å². The van der Waals surface area contributed by atoms with E-state index in [0.717, 1.165) is 25.0 Å². The van der Waals surface area contributed by atoms with Crippen molar-refractivity contribution in [2.45, 2.75) is 31.3 Å². The number of rotatable bonds is 4. The second-order valence-electron chi connectivity index (χ2n) is 4.13. The van der Waals surface area contributed by atoms with Crippen molar-refractivity contribution in [3.05, 3.63) is 30.1 Å². The molecule has 2 N–H and O–H groups in total. The van der Waals surface area contributed by atoms with E-state index in [2.05, 4.69) is 0 Å². The van der Waals surface area contributed by atoms with E-state index in [9.17, 15) is 4.39 Å². The van der Waals surface area contributed by atoms with Gasteiger partial charge in [-0.1, -0.05) is 0 Å². The summed E-state index contributed by atoms with van der Waals surface area (Å²) in [7, 11) is 0. The van der Waals surface area contributed by atoms with Crippen molar-refractivity contribution in [3.63, 3.8) is 0 Å². The Kier molecular flexibility index (Phi) is 2.91. The molecule has 1 aliphatic rings. The van der Waals surface area contributed by atoms with Crippen molar-refractivity contribution in [2.24, 2.45) is 5.73 Å². The molecule has 1 aromatic rings. The number of halogens is 1. The van der Waals surface area contributed by atoms with Crippen LogP contribution in [0, 0.1) is 5.82 Å². The van der Waals surface area contributed by atoms with E-state index in [1.165, 1.54) is 18.6 Å². The molecule has 0 aromatic heterocycles. The first-order valence-electron chi connectivity index (χ1n) is 5.39. The lowest BCUT2D eigenvalue weighted by Gasteiger charge is -2.41. The van der Waals surface area contributed by atoms with Gasteiger partial charge in [0.2, 0.25) is 0 Å². The Bertz CT molecular complexity index is 319. The van der Waals surface area contributed by atoms with Crippen LogP contribution in [0.4, 0.5) is 4.39 Å². The number of hydrogen-bond acceptors (Lipinski definition) is 2. The van der Waals surface area contributed by atoms with Gasteiger partial charge in [0.1, 0.15) is 17.2 Å². The highest BCUT2D eigenvalue weighted by Crippen LogP contribution is 2.38. The van der Waals surface area contributed by atoms with Gasteiger partial charge in [0.05, 0.1) is 0 Å². The van der Waals surface area contributed by atoms with Gasteiger partial charge in [0, 0.05) is 0 Å². The SMILES string of the molecule is NCCC1(Oc2ccc(F)cc2)CCC1. The van der Waals surface area contributed by atoms with E-state index in [4.69, 9.17) is 10.5 Å². The zero-order valence-electron chi connectivity index (χ0n) is 8.71. The number of nitrogens with two attached hydrogens (primary N) is 1. The molecule has 1 saturated carbocycles. The third kappa shape index (κ3) is 2.29. The summed E-state index contributed by atoms with van der Waals surface area (Å²) in [4.78, 5) is 0. The lowest BCUT2D eigenvalue weighted by Crippen LogP contribution is -2.44. The first-order chi connectivity index (χ1) is 7.24. The van der Waals surface area contributed by atoms with Crippen molar-refractivity contribution in [2.75, 3.05) is 6.54 Å². The molecule has 0 unspecified atom stereocenters. The fraction of sp³-hybridized carbons (Fsp3) is 0.500. The van der Waals surface area contributed by atoms with Crippen LogP contribution in [0.2, 0.25) is 0 Å². The molecule has 0 amide bonds. The Morgan fingerprint density at radius 3 is 2.40 bits per heavy atom. The van der Waals surface area contributed by atoms with Crippen molar-refractivity contribution in [3.8, 4) is 5.75 Å². The first kappa shape index (κ1) is 10.4. The largest absolute Gasteiger partial charge is 0.487 e. The molecule has 2 nitrogen and oxygen atoms in total. The van der Waals surface area contributed by atoms with Gasteiger partial charge in [-0.3, -0.25) is 0 Å². The number of hydrogen-bond donors (Lipinski definition) is 1. The van der Waals surface area contributed by atoms with E-state index < -0.39 is 0 Å². The Morgan fingerprint density at radius 2 is 1.93 bits per heavy atom. The number of benzene rings is 1. The molecule has 0 saturated heterocycles. The van der Waals surface area contributed by atoms with Crippen LogP contribution in [0.15, 0.2) is 24.3 Å². The molecular formula is C12H16FNO. The summed E-state index contributed by atoms with van der Waals surface area (Å²) in [5, 5.41) is 0. The van der Waals surface area contributed by atoms with E-state index >= 15 is 0 Å². The van der Waals surface area contributed by atoms with Crippen LogP contribution in [-0.4, -0.2) is 12.1 Å². The third-order valence-corrected chi connectivity index (χ3v) is 3.01. The highest BCUT2D eigenvalue weighted by molar-refractivity contribution is 5.23. The fourth-order valence-electron chi connectivity index (χ4n) is 1.99. The summed E-state index contributed by atoms with van der Waals surface area (Å²) >= 11 is 0. The lowest BCUT2D eigenvalue weighted by atomic mass is 9.77. The average molecular weight is 209 g/mol. The number of ether oxygens (including phenoxy) is 1. The molecule has 2 rings (SSSR count). The quantitative estimate of drug-likeness (QED) is 0.826. The molecule has 1 aliphatic carbocycles. The first-order valence-corrected chi connectivity index (χ1v) is 5.39. The standard InChI is InChI=1S/C12H16FNO/c13-10-2-4-11(5-3-10)15-12(8-9-14)6-1-7-12/h2-5H,1,6-9,14H2. The molecular weight excluding hydrogens is 193 g/mol. The Balaban J connectivity index is 2.03. The molecule has 3 heteroatoms. The topological polar surface area (TPSA) is 35.2 Å². The van der Waals surface area contributed by atoms with Gasteiger partial charge >= 0.3 is 0 Å². The summed E-state index contributed by atoms with van der Waals surface area (Å²) in [6, 6.07) is 6.19. The molecule has 0 aliphatic heterocycles. The molecule has 1 fully saturated rings. The minimum atomic E-state index is -0.233. The molecule has 15 heavy (non-hydrogen) atoms. The van der Waals surface area contributed by atoms with Gasteiger partial charge in [-0.15, -0.1) is 0 Å². The summed E-state index contributed by atoms with van der Waals surface area (Å²) in [5.41, 5.74) is 5.49. The van der Waals surface area contributed by atoms with Gasteiger partial charge in [0.15, 0.2) is 0 Å². The fourth-order valence-corrected chi connectivity index (χ4v) is 1.99. The summed E-state index contributed by atoms with van der Waals surface area (Å²) < 4.78 is 18.6. The van der Waals surface area contributed by atoms with Gasteiger partial charge < -0.3 is 10.5 Å². The van der Waals surface area contributed by atoms with E-state index in [0.29, 0.717) is 6.54 Å². The lowest BCUT2D eigenvalue weighted by molar-refractivity contribution is -0.0125. The maximum absolute atomic E-state index is 12.7. The summed E-state index contributed by atoms with van der Waals surface area (Å²) in [6.45, 7) is 0.640. The predicted octanol–water partition coefficient (Wildman–Crippen LogP) is 2.48. The van der Waals surface area contributed by atoms with Crippen LogP contribution in [0.3, 0.4) is 0 Å². The van der Waals surface area contributed by atoms with Crippen molar-refractivity contribution >= 4 is 0 Å². The van der Waals surface area contributed by atoms with Crippen LogP contribution < -0.4 is 10.5 Å². The maximum Gasteiger partial charge on any atom is 0.123 e. The minimum Gasteiger partial charge on any atom is -0.487 e. The van der Waals surface area contributed by atoms with E-state index in [1.807, 2.05) is 0 Å². The summed E-state index contributed by atoms with van der Waals surface area (Å²) in [6.07, 6.45) is 4.19. The van der Waals surface area contributed by atoms with E-state index in [-0.39, 0.29) is 11.4 Å². The Hall–Kier alpha value is -1.09. The second kappa shape index (κ2) is 4.19. The highest BCUT2D eigenvalue weighted by Gasteiger charge is 2.38. The zero-order valence-corrected chi connectivity index (χ0v) is 8.71. The Morgan fingerprint density at radius 1 is 1.27 bits per heavy atom. The molecule has 0 atom stereocenters. The maximum atomic E-state index is 12.7. The van der Waals surface area contributed by atoms with Crippen molar-refractivity contribution in [1.82, 2.24) is 0 Å². The van der Waals surface area contributed by atoms with Crippen molar-refractivity contribution in [1.29, 1.82) is 0 Å². The molecule has 82 valence electrons. The summed E-state index contributed by atoms with van der Waals surface area (Å²) in [5.74, 6) is 0.508. The second-order valence-corrected chi connectivity index (χ2v) is 4.13. The van der Waals surface area contributed by atoms with Gasteiger partial charge in [0.25, 0.3) is 0 Å². The molecule has 1 aromatic carbocycles. The van der Waals surface area contributed by atoms with Gasteiger partial charge in [-0.05, 0) is 56.5 Å². The van der Waals surface area contributed by atoms with Gasteiger partial charge in [-0.25, -0.2) is 4.39 Å². The molecule has 0 radical (unpaired) electrons. The molecule has 0 bridgehead atoms. The van der Waals surface area contributed by atoms with Crippen LogP contribution in [0.5, 0.6) is 5.75 Å². The van der Waals surface area contributed by atoms with E-state index in [1.54, 1.807) is 12.1 Å². The van der Waals surface area contributed by atoms with Crippen LogP contribution in [0.25, 0.3) is 0 Å². The highest BCUT2D eigenvalue weighted by atomic mass is 19.1. The zero-order chi connectivity index (χ0) is 10.7.